The van der Waals surface area contributed by atoms with Crippen LogP contribution in [-0.4, -0.2) is 32.3 Å². The highest BCUT2D eigenvalue weighted by molar-refractivity contribution is 7.99. The molecule has 1 aromatic heterocycles. The third-order valence-electron chi connectivity index (χ3n) is 5.11. The van der Waals surface area contributed by atoms with Gasteiger partial charge in [0.05, 0.1) is 17.0 Å². The number of benzene rings is 3. The summed E-state index contributed by atoms with van der Waals surface area (Å²) in [7, 11) is 0. The van der Waals surface area contributed by atoms with Crippen molar-refractivity contribution in [1.29, 1.82) is 0 Å². The van der Waals surface area contributed by atoms with E-state index < -0.39 is 0 Å². The summed E-state index contributed by atoms with van der Waals surface area (Å²) in [4.78, 5) is 25.5. The summed E-state index contributed by atoms with van der Waals surface area (Å²) < 4.78 is 1.93. The minimum absolute atomic E-state index is 0.109. The smallest absolute Gasteiger partial charge is 0.257 e. The Morgan fingerprint density at radius 2 is 1.74 bits per heavy atom. The summed E-state index contributed by atoms with van der Waals surface area (Å²) in [6.45, 7) is 6.37. The van der Waals surface area contributed by atoms with Crippen LogP contribution in [0.1, 0.15) is 15.9 Å². The van der Waals surface area contributed by atoms with Crippen LogP contribution in [0.2, 0.25) is 0 Å². The lowest BCUT2D eigenvalue weighted by Crippen LogP contribution is -2.19. The predicted molar refractivity (Wildman–Crippen MR) is 141 cm³/mol. The second-order valence-electron chi connectivity index (χ2n) is 7.78. The molecule has 4 rings (SSSR count). The highest BCUT2D eigenvalue weighted by atomic mass is 32.2. The van der Waals surface area contributed by atoms with E-state index in [9.17, 15) is 9.59 Å². The molecule has 0 aliphatic heterocycles. The van der Waals surface area contributed by atoms with Gasteiger partial charge in [0.2, 0.25) is 5.91 Å². The summed E-state index contributed by atoms with van der Waals surface area (Å²) in [5.74, 6) is 0.283. The maximum atomic E-state index is 12.8. The first-order valence-corrected chi connectivity index (χ1v) is 12.0. The Kier molecular flexibility index (Phi) is 7.74. The first kappa shape index (κ1) is 24.0. The van der Waals surface area contributed by atoms with Crippen LogP contribution in [0.15, 0.2) is 96.7 Å². The number of anilines is 2. The number of nitrogens with zero attached hydrogens (tertiary/aromatic N) is 3. The molecule has 1 heterocycles. The standard InChI is InChI=1S/C27H25N5O2S/c1-3-16-32-25(20-11-9-10-19(2)17-20)30-31-27(32)35-18-24(33)29-23-15-8-7-14-22(23)26(34)28-21-12-5-4-6-13-21/h3-15,17H,1,16,18H2,2H3,(H,28,34)(H,29,33). The van der Waals surface area contributed by atoms with E-state index in [1.165, 1.54) is 11.8 Å². The number of nitrogens with one attached hydrogen (secondary N) is 2. The van der Waals surface area contributed by atoms with Crippen LogP contribution in [0, 0.1) is 6.92 Å². The van der Waals surface area contributed by atoms with Crippen molar-refractivity contribution < 1.29 is 9.59 Å². The molecule has 0 radical (unpaired) electrons. The molecule has 0 atom stereocenters. The van der Waals surface area contributed by atoms with E-state index in [2.05, 4.69) is 27.4 Å². The Labute approximate surface area is 208 Å². The van der Waals surface area contributed by atoms with Crippen LogP contribution >= 0.6 is 11.8 Å². The molecule has 8 heteroatoms. The van der Waals surface area contributed by atoms with E-state index in [1.54, 1.807) is 42.5 Å². The van der Waals surface area contributed by atoms with Gasteiger partial charge in [-0.1, -0.05) is 71.9 Å². The van der Waals surface area contributed by atoms with Crippen LogP contribution in [0.25, 0.3) is 11.4 Å². The van der Waals surface area contributed by atoms with E-state index in [4.69, 9.17) is 0 Å². The Hall–Kier alpha value is -4.17. The van der Waals surface area contributed by atoms with Gasteiger partial charge in [-0.15, -0.1) is 16.8 Å². The summed E-state index contributed by atoms with van der Waals surface area (Å²) in [5.41, 5.74) is 3.58. The number of hydrogen-bond acceptors (Lipinski definition) is 5. The molecule has 2 N–H and O–H groups in total. The predicted octanol–water partition coefficient (Wildman–Crippen LogP) is 5.42. The maximum Gasteiger partial charge on any atom is 0.257 e. The molecule has 0 saturated heterocycles. The van der Waals surface area contributed by atoms with Gasteiger partial charge < -0.3 is 10.6 Å². The minimum atomic E-state index is -0.298. The van der Waals surface area contributed by atoms with Gasteiger partial charge in [0, 0.05) is 17.8 Å². The topological polar surface area (TPSA) is 88.9 Å². The summed E-state index contributed by atoms with van der Waals surface area (Å²) in [5, 5.41) is 15.0. The molecule has 7 nitrogen and oxygen atoms in total. The fourth-order valence-corrected chi connectivity index (χ4v) is 4.26. The molecule has 3 aromatic carbocycles. The van der Waals surface area contributed by atoms with E-state index in [0.717, 1.165) is 17.0 Å². The van der Waals surface area contributed by atoms with Crippen LogP contribution in [0.3, 0.4) is 0 Å². The molecule has 0 saturated carbocycles. The van der Waals surface area contributed by atoms with Crippen molar-refractivity contribution in [3.8, 4) is 11.4 Å². The first-order valence-electron chi connectivity index (χ1n) is 11.0. The third-order valence-corrected chi connectivity index (χ3v) is 6.08. The van der Waals surface area contributed by atoms with E-state index in [1.807, 2.05) is 54.0 Å². The minimum Gasteiger partial charge on any atom is -0.325 e. The third kappa shape index (κ3) is 6.04. The fourth-order valence-electron chi connectivity index (χ4n) is 3.51. The van der Waals surface area contributed by atoms with Crippen molar-refractivity contribution in [3.63, 3.8) is 0 Å². The summed E-state index contributed by atoms with van der Waals surface area (Å²) >= 11 is 1.28. The van der Waals surface area contributed by atoms with Gasteiger partial charge >= 0.3 is 0 Å². The van der Waals surface area contributed by atoms with Gasteiger partial charge in [-0.2, -0.15) is 0 Å². The molecule has 0 bridgehead atoms. The Bertz CT molecular complexity index is 1350. The number of amides is 2. The number of carbonyl (C=O) groups is 2. The van der Waals surface area contributed by atoms with Crippen molar-refractivity contribution in [2.24, 2.45) is 0 Å². The molecule has 0 aliphatic carbocycles. The van der Waals surface area contributed by atoms with Crippen molar-refractivity contribution in [1.82, 2.24) is 14.8 Å². The average molecular weight is 484 g/mol. The van der Waals surface area contributed by atoms with Crippen molar-refractivity contribution in [2.45, 2.75) is 18.6 Å². The molecule has 35 heavy (non-hydrogen) atoms. The Balaban J connectivity index is 1.45. The number of carbonyl (C=O) groups excluding carboxylic acids is 2. The van der Waals surface area contributed by atoms with Crippen molar-refractivity contribution in [3.05, 3.63) is 103 Å². The molecule has 176 valence electrons. The molecule has 4 aromatic rings. The van der Waals surface area contributed by atoms with Gasteiger partial charge in [-0.25, -0.2) is 0 Å². The number of aromatic nitrogens is 3. The highest BCUT2D eigenvalue weighted by Gasteiger charge is 2.17. The molecule has 0 aliphatic rings. The Morgan fingerprint density at radius 3 is 2.51 bits per heavy atom. The van der Waals surface area contributed by atoms with Gasteiger partial charge in [0.1, 0.15) is 0 Å². The quantitative estimate of drug-likeness (QED) is 0.245. The normalized spacial score (nSPS) is 10.5. The number of thioether (sulfide) groups is 1. The van der Waals surface area contributed by atoms with Crippen LogP contribution in [0.4, 0.5) is 11.4 Å². The van der Waals surface area contributed by atoms with Gasteiger partial charge in [-0.05, 0) is 37.3 Å². The summed E-state index contributed by atoms with van der Waals surface area (Å²) in [6.07, 6.45) is 1.77. The number of para-hydroxylation sites is 2. The molecule has 2 amide bonds. The maximum absolute atomic E-state index is 12.8. The molecular formula is C27H25N5O2S. The van der Waals surface area contributed by atoms with E-state index in [-0.39, 0.29) is 17.6 Å². The zero-order valence-electron chi connectivity index (χ0n) is 19.3. The summed E-state index contributed by atoms with van der Waals surface area (Å²) in [6, 6.07) is 24.1. The average Bonchev–Trinajstić information content (AvgIpc) is 3.26. The van der Waals surface area contributed by atoms with Crippen LogP contribution in [0.5, 0.6) is 0 Å². The van der Waals surface area contributed by atoms with Gasteiger partial charge in [0.25, 0.3) is 5.91 Å². The largest absolute Gasteiger partial charge is 0.325 e. The number of aryl methyl sites for hydroxylation is 1. The molecule has 0 fully saturated rings. The second-order valence-corrected chi connectivity index (χ2v) is 8.72. The SMILES string of the molecule is C=CCn1c(SCC(=O)Nc2ccccc2C(=O)Nc2ccccc2)nnc1-c1cccc(C)c1. The highest BCUT2D eigenvalue weighted by Crippen LogP contribution is 2.25. The lowest BCUT2D eigenvalue weighted by molar-refractivity contribution is -0.113. The molecular weight excluding hydrogens is 458 g/mol. The number of allylic oxidation sites excluding steroid dienone is 1. The lowest BCUT2D eigenvalue weighted by atomic mass is 10.1. The second kappa shape index (κ2) is 11.3. The lowest BCUT2D eigenvalue weighted by Gasteiger charge is -2.12. The van der Waals surface area contributed by atoms with Crippen molar-refractivity contribution in [2.75, 3.05) is 16.4 Å². The number of hydrogen-bond donors (Lipinski definition) is 2. The van der Waals surface area contributed by atoms with E-state index >= 15 is 0 Å². The fraction of sp³-hybridized carbons (Fsp3) is 0.111. The first-order chi connectivity index (χ1) is 17.0. The monoisotopic (exact) mass is 483 g/mol. The van der Waals surface area contributed by atoms with Gasteiger partial charge in [0.15, 0.2) is 11.0 Å². The molecule has 0 spiro atoms. The van der Waals surface area contributed by atoms with Crippen LogP contribution < -0.4 is 10.6 Å². The van der Waals surface area contributed by atoms with Crippen LogP contribution in [-0.2, 0) is 11.3 Å². The zero-order chi connectivity index (χ0) is 24.6. The number of rotatable bonds is 9. The Morgan fingerprint density at radius 1 is 0.971 bits per heavy atom. The van der Waals surface area contributed by atoms with Gasteiger partial charge in [-0.3, -0.25) is 14.2 Å². The zero-order valence-corrected chi connectivity index (χ0v) is 20.1. The van der Waals surface area contributed by atoms with Crippen molar-refractivity contribution >= 4 is 35.0 Å². The molecule has 0 unspecified atom stereocenters. The van der Waals surface area contributed by atoms with E-state index in [0.29, 0.717) is 28.6 Å².